The van der Waals surface area contributed by atoms with Crippen LogP contribution >= 0.6 is 0 Å². The lowest BCUT2D eigenvalue weighted by molar-refractivity contribution is 0.0195. The van der Waals surface area contributed by atoms with Gasteiger partial charge in [0.25, 0.3) is 0 Å². The fourth-order valence-corrected chi connectivity index (χ4v) is 3.64. The summed E-state index contributed by atoms with van der Waals surface area (Å²) in [5.74, 6) is 1.05. The van der Waals surface area contributed by atoms with Gasteiger partial charge in [-0.1, -0.05) is 30.3 Å². The summed E-state index contributed by atoms with van der Waals surface area (Å²) in [6.45, 7) is 7.05. The Hall–Kier alpha value is -1.59. The molecule has 2 aliphatic rings. The van der Waals surface area contributed by atoms with E-state index in [1.807, 2.05) is 7.05 Å². The van der Waals surface area contributed by atoms with E-state index in [1.54, 1.807) is 0 Å². The summed E-state index contributed by atoms with van der Waals surface area (Å²) >= 11 is 0. The number of morpholine rings is 1. The monoisotopic (exact) mass is 330 g/mol. The summed E-state index contributed by atoms with van der Waals surface area (Å²) < 4.78 is 5.47. The Balaban J connectivity index is 1.40. The molecule has 2 heterocycles. The minimum absolute atomic E-state index is 0.650. The maximum absolute atomic E-state index is 5.47. The van der Waals surface area contributed by atoms with E-state index in [2.05, 4.69) is 50.4 Å². The molecule has 3 rings (SSSR count). The van der Waals surface area contributed by atoms with Crippen molar-refractivity contribution in [3.8, 4) is 0 Å². The van der Waals surface area contributed by atoms with Crippen LogP contribution in [0.4, 0.5) is 0 Å². The van der Waals surface area contributed by atoms with E-state index in [0.29, 0.717) is 6.04 Å². The van der Waals surface area contributed by atoms with Gasteiger partial charge >= 0.3 is 0 Å². The molecule has 1 N–H and O–H groups in total. The first-order valence-electron chi connectivity index (χ1n) is 9.18. The lowest BCUT2D eigenvalue weighted by Gasteiger charge is -2.32. The number of hydrogen-bond acceptors (Lipinski definition) is 3. The van der Waals surface area contributed by atoms with Gasteiger partial charge in [0.05, 0.1) is 13.2 Å². The molecule has 0 saturated carbocycles. The highest BCUT2D eigenvalue weighted by molar-refractivity contribution is 5.80. The van der Waals surface area contributed by atoms with Gasteiger partial charge in [-0.15, -0.1) is 0 Å². The fourth-order valence-electron chi connectivity index (χ4n) is 3.64. The molecule has 1 aromatic carbocycles. The molecule has 5 nitrogen and oxygen atoms in total. The van der Waals surface area contributed by atoms with Crippen LogP contribution in [0.2, 0.25) is 0 Å². The Morgan fingerprint density at radius 2 is 2.00 bits per heavy atom. The topological polar surface area (TPSA) is 40.1 Å². The quantitative estimate of drug-likeness (QED) is 0.506. The number of benzene rings is 1. The van der Waals surface area contributed by atoms with E-state index in [9.17, 15) is 0 Å². The van der Waals surface area contributed by atoms with Gasteiger partial charge in [0.2, 0.25) is 0 Å². The second-order valence-electron chi connectivity index (χ2n) is 6.60. The molecule has 2 fully saturated rings. The number of ether oxygens (including phenoxy) is 1. The van der Waals surface area contributed by atoms with Crippen LogP contribution in [0, 0.1) is 0 Å². The smallest absolute Gasteiger partial charge is 0.193 e. The van der Waals surface area contributed by atoms with E-state index in [1.165, 1.54) is 12.0 Å². The van der Waals surface area contributed by atoms with Crippen LogP contribution in [-0.4, -0.2) is 74.8 Å². The first kappa shape index (κ1) is 17.2. The molecule has 0 aromatic heterocycles. The summed E-state index contributed by atoms with van der Waals surface area (Å²) in [6, 6.07) is 11.3. The van der Waals surface area contributed by atoms with E-state index in [4.69, 9.17) is 4.74 Å². The second-order valence-corrected chi connectivity index (χ2v) is 6.60. The average Bonchev–Trinajstić information content (AvgIpc) is 3.13. The fraction of sp³-hybridized carbons (Fsp3) is 0.632. The average molecular weight is 330 g/mol. The number of rotatable bonds is 5. The van der Waals surface area contributed by atoms with Crippen LogP contribution in [0.25, 0.3) is 0 Å². The molecule has 2 aliphatic heterocycles. The van der Waals surface area contributed by atoms with Crippen molar-refractivity contribution in [1.82, 2.24) is 15.1 Å². The van der Waals surface area contributed by atoms with Crippen molar-refractivity contribution < 1.29 is 4.74 Å². The molecular weight excluding hydrogens is 300 g/mol. The highest BCUT2D eigenvalue weighted by Gasteiger charge is 2.30. The zero-order valence-corrected chi connectivity index (χ0v) is 14.8. The molecule has 0 spiro atoms. The predicted octanol–water partition coefficient (Wildman–Crippen LogP) is 1.60. The Bertz CT molecular complexity index is 513. The third kappa shape index (κ3) is 4.71. The third-order valence-corrected chi connectivity index (χ3v) is 5.00. The highest BCUT2D eigenvalue weighted by atomic mass is 16.5. The Kier molecular flexibility index (Phi) is 6.49. The van der Waals surface area contributed by atoms with Crippen molar-refractivity contribution in [2.24, 2.45) is 4.99 Å². The van der Waals surface area contributed by atoms with Crippen molar-refractivity contribution in [3.05, 3.63) is 35.9 Å². The highest BCUT2D eigenvalue weighted by Crippen LogP contribution is 2.17. The molecule has 132 valence electrons. The molecule has 2 saturated heterocycles. The molecule has 0 radical (unpaired) electrons. The molecule has 24 heavy (non-hydrogen) atoms. The normalized spacial score (nSPS) is 22.8. The van der Waals surface area contributed by atoms with Gasteiger partial charge in [-0.25, -0.2) is 0 Å². The third-order valence-electron chi connectivity index (χ3n) is 5.00. The van der Waals surface area contributed by atoms with Gasteiger partial charge in [0.15, 0.2) is 5.96 Å². The maximum Gasteiger partial charge on any atom is 0.193 e. The lowest BCUT2D eigenvalue weighted by atomic mass is 10.1. The SMILES string of the molecule is CN=C(NCCCc1ccccc1)N1CCC(N2CCOCC2)C1. The van der Waals surface area contributed by atoms with Gasteiger partial charge in [-0.05, 0) is 24.8 Å². The van der Waals surface area contributed by atoms with Gasteiger partial charge in [-0.2, -0.15) is 0 Å². The van der Waals surface area contributed by atoms with Gasteiger partial charge in [0, 0.05) is 45.8 Å². The van der Waals surface area contributed by atoms with E-state index >= 15 is 0 Å². The van der Waals surface area contributed by atoms with Crippen molar-refractivity contribution in [1.29, 1.82) is 0 Å². The molecule has 0 aliphatic carbocycles. The molecule has 1 atom stereocenters. The van der Waals surface area contributed by atoms with Crippen LogP contribution in [-0.2, 0) is 11.2 Å². The van der Waals surface area contributed by atoms with Gasteiger partial charge in [-0.3, -0.25) is 9.89 Å². The van der Waals surface area contributed by atoms with Crippen molar-refractivity contribution in [3.63, 3.8) is 0 Å². The van der Waals surface area contributed by atoms with Crippen molar-refractivity contribution in [2.45, 2.75) is 25.3 Å². The van der Waals surface area contributed by atoms with Gasteiger partial charge < -0.3 is 15.0 Å². The maximum atomic E-state index is 5.47. The molecule has 1 unspecified atom stereocenters. The first-order valence-corrected chi connectivity index (χ1v) is 9.18. The van der Waals surface area contributed by atoms with Crippen molar-refractivity contribution >= 4 is 5.96 Å². The van der Waals surface area contributed by atoms with Crippen LogP contribution in [0.5, 0.6) is 0 Å². The summed E-state index contributed by atoms with van der Waals surface area (Å²) in [7, 11) is 1.89. The van der Waals surface area contributed by atoms with Crippen molar-refractivity contribution in [2.75, 3.05) is 53.0 Å². The summed E-state index contributed by atoms with van der Waals surface area (Å²) in [5, 5.41) is 3.54. The number of guanidine groups is 1. The zero-order chi connectivity index (χ0) is 16.6. The molecule has 5 heteroatoms. The Labute approximate surface area is 145 Å². The van der Waals surface area contributed by atoms with E-state index < -0.39 is 0 Å². The summed E-state index contributed by atoms with van der Waals surface area (Å²) in [5.41, 5.74) is 1.41. The van der Waals surface area contributed by atoms with Crippen LogP contribution in [0.1, 0.15) is 18.4 Å². The van der Waals surface area contributed by atoms with Crippen LogP contribution in [0.15, 0.2) is 35.3 Å². The molecular formula is C19H30N4O. The Morgan fingerprint density at radius 1 is 1.21 bits per heavy atom. The standard InChI is InChI=1S/C19H30N4O/c1-20-19(21-10-5-8-17-6-3-2-4-7-17)23-11-9-18(16-23)22-12-14-24-15-13-22/h2-4,6-7,18H,5,8-16H2,1H3,(H,20,21). The van der Waals surface area contributed by atoms with Crippen LogP contribution in [0.3, 0.4) is 0 Å². The molecule has 0 bridgehead atoms. The number of hydrogen-bond donors (Lipinski definition) is 1. The number of likely N-dealkylation sites (tertiary alicyclic amines) is 1. The number of nitrogens with one attached hydrogen (secondary N) is 1. The van der Waals surface area contributed by atoms with Gasteiger partial charge in [0.1, 0.15) is 0 Å². The van der Waals surface area contributed by atoms with Crippen LogP contribution < -0.4 is 5.32 Å². The largest absolute Gasteiger partial charge is 0.379 e. The number of aliphatic imine (C=N–C) groups is 1. The second kappa shape index (κ2) is 9.04. The molecule has 0 amide bonds. The zero-order valence-electron chi connectivity index (χ0n) is 14.8. The predicted molar refractivity (Wildman–Crippen MR) is 98.5 cm³/mol. The van der Waals surface area contributed by atoms with E-state index in [0.717, 1.165) is 64.7 Å². The summed E-state index contributed by atoms with van der Waals surface area (Å²) in [4.78, 5) is 9.46. The lowest BCUT2D eigenvalue weighted by Crippen LogP contribution is -2.46. The molecule has 1 aromatic rings. The first-order chi connectivity index (χ1) is 11.9. The minimum atomic E-state index is 0.650. The number of nitrogens with zero attached hydrogens (tertiary/aromatic N) is 3. The number of aryl methyl sites for hydroxylation is 1. The summed E-state index contributed by atoms with van der Waals surface area (Å²) in [6.07, 6.45) is 3.47. The minimum Gasteiger partial charge on any atom is -0.379 e. The van der Waals surface area contributed by atoms with E-state index in [-0.39, 0.29) is 0 Å². The Morgan fingerprint density at radius 3 is 2.75 bits per heavy atom.